The van der Waals surface area contributed by atoms with Crippen molar-refractivity contribution in [3.05, 3.63) is 0 Å². The molecule has 6 fully saturated rings. The van der Waals surface area contributed by atoms with E-state index in [0.717, 1.165) is 38.5 Å². The molecule has 0 aromatic rings. The Kier molecular flexibility index (Phi) is 6.14. The van der Waals surface area contributed by atoms with Gasteiger partial charge in [0.2, 0.25) is 5.79 Å². The molecule has 11 atom stereocenters. The summed E-state index contributed by atoms with van der Waals surface area (Å²) in [5.41, 5.74) is 0.125. The monoisotopic (exact) mass is 528 g/mol. The summed E-state index contributed by atoms with van der Waals surface area (Å²) < 4.78 is 13.8. The fraction of sp³-hybridized carbons (Fsp3) is 0.971. The number of fused-ring (bicyclic) bond motifs is 6. The van der Waals surface area contributed by atoms with E-state index in [1.165, 1.54) is 32.1 Å². The van der Waals surface area contributed by atoms with Crippen LogP contribution in [-0.4, -0.2) is 28.6 Å². The first kappa shape index (κ1) is 27.6. The minimum atomic E-state index is -0.746. The van der Waals surface area contributed by atoms with Crippen LogP contribution in [0.1, 0.15) is 132 Å². The summed E-state index contributed by atoms with van der Waals surface area (Å²) in [6, 6.07) is 0. The zero-order valence-electron chi connectivity index (χ0n) is 25.7. The van der Waals surface area contributed by atoms with Crippen molar-refractivity contribution in [2.45, 2.75) is 150 Å². The van der Waals surface area contributed by atoms with Crippen LogP contribution in [0.15, 0.2) is 0 Å². The fourth-order valence-electron chi connectivity index (χ4n) is 12.7. The number of esters is 1. The molecule has 0 radical (unpaired) electrons. The Balaban J connectivity index is 1.36. The standard InChI is InChI=1S/C34H56O4/c1-21(2)23-10-9-22(3)19-34(23)37-28(36)20-33(38-34)18-13-26-31(7)15-11-24-29(4,5)27(35)14-16-30(24,6)25(31)12-17-32(26,33)8/h21-27,35H,9-20H2,1-8H3/t22-,23+,24-,25-,26+,27-,30-,31+,32-,33+,34-/m1/s1. The van der Waals surface area contributed by atoms with Crippen LogP contribution in [0.4, 0.5) is 0 Å². The molecule has 6 rings (SSSR count). The molecule has 0 aromatic carbocycles. The summed E-state index contributed by atoms with van der Waals surface area (Å²) in [6.45, 7) is 19.3. The highest BCUT2D eigenvalue weighted by Crippen LogP contribution is 2.76. The normalized spacial score (nSPS) is 55.9. The molecule has 1 aliphatic heterocycles. The van der Waals surface area contributed by atoms with Gasteiger partial charge >= 0.3 is 5.97 Å². The molecule has 5 aliphatic carbocycles. The zero-order valence-corrected chi connectivity index (χ0v) is 25.7. The summed E-state index contributed by atoms with van der Waals surface area (Å²) in [5, 5.41) is 11.0. The van der Waals surface area contributed by atoms with Crippen molar-refractivity contribution in [2.24, 2.45) is 57.2 Å². The quantitative estimate of drug-likeness (QED) is 0.351. The van der Waals surface area contributed by atoms with Gasteiger partial charge in [-0.25, -0.2) is 0 Å². The van der Waals surface area contributed by atoms with Crippen molar-refractivity contribution in [2.75, 3.05) is 0 Å². The molecule has 1 N–H and O–H groups in total. The van der Waals surface area contributed by atoms with Crippen LogP contribution in [0.2, 0.25) is 0 Å². The second kappa shape index (κ2) is 8.46. The lowest BCUT2D eigenvalue weighted by atomic mass is 9.36. The van der Waals surface area contributed by atoms with Gasteiger partial charge in [-0.15, -0.1) is 0 Å². The number of hydrogen-bond acceptors (Lipinski definition) is 4. The molecule has 1 heterocycles. The van der Waals surface area contributed by atoms with E-state index in [9.17, 15) is 9.90 Å². The first-order valence-electron chi connectivity index (χ1n) is 16.2. The first-order chi connectivity index (χ1) is 17.6. The van der Waals surface area contributed by atoms with E-state index in [0.29, 0.717) is 36.0 Å². The Morgan fingerprint density at radius 2 is 1.45 bits per heavy atom. The Hall–Kier alpha value is -0.610. The molecule has 1 saturated heterocycles. The van der Waals surface area contributed by atoms with Crippen molar-refractivity contribution in [1.82, 2.24) is 0 Å². The van der Waals surface area contributed by atoms with Gasteiger partial charge in [-0.2, -0.15) is 0 Å². The van der Waals surface area contributed by atoms with Gasteiger partial charge in [0.25, 0.3) is 0 Å². The highest BCUT2D eigenvalue weighted by atomic mass is 16.7. The molecule has 0 bridgehead atoms. The van der Waals surface area contributed by atoms with Gasteiger partial charge in [0.15, 0.2) is 0 Å². The van der Waals surface area contributed by atoms with Crippen molar-refractivity contribution in [1.29, 1.82) is 0 Å². The number of carbonyl (C=O) groups is 1. The maximum Gasteiger partial charge on any atom is 0.311 e. The van der Waals surface area contributed by atoms with Crippen LogP contribution >= 0.6 is 0 Å². The van der Waals surface area contributed by atoms with Crippen molar-refractivity contribution in [3.63, 3.8) is 0 Å². The number of aliphatic hydroxyl groups excluding tert-OH is 1. The second-order valence-electron chi connectivity index (χ2n) is 16.9. The summed E-state index contributed by atoms with van der Waals surface area (Å²) in [7, 11) is 0. The molecule has 6 aliphatic rings. The smallest absolute Gasteiger partial charge is 0.311 e. The molecule has 38 heavy (non-hydrogen) atoms. The molecule has 4 heteroatoms. The Morgan fingerprint density at radius 1 is 0.816 bits per heavy atom. The lowest BCUT2D eigenvalue weighted by molar-refractivity contribution is -0.365. The molecular weight excluding hydrogens is 472 g/mol. The Labute approximate surface area is 232 Å². The molecule has 4 nitrogen and oxygen atoms in total. The number of aliphatic hydroxyl groups is 1. The van der Waals surface area contributed by atoms with Gasteiger partial charge < -0.3 is 14.6 Å². The van der Waals surface area contributed by atoms with Crippen molar-refractivity contribution < 1.29 is 19.4 Å². The summed E-state index contributed by atoms with van der Waals surface area (Å²) in [6.07, 6.45) is 12.5. The minimum Gasteiger partial charge on any atom is -0.433 e. The maximum absolute atomic E-state index is 13.6. The van der Waals surface area contributed by atoms with Gasteiger partial charge in [-0.1, -0.05) is 55.4 Å². The van der Waals surface area contributed by atoms with Crippen LogP contribution in [0.5, 0.6) is 0 Å². The molecule has 0 aromatic heterocycles. The highest BCUT2D eigenvalue weighted by molar-refractivity contribution is 5.72. The number of ether oxygens (including phenoxy) is 2. The van der Waals surface area contributed by atoms with Crippen LogP contribution in [-0.2, 0) is 14.3 Å². The predicted octanol–water partition coefficient (Wildman–Crippen LogP) is 7.91. The second-order valence-corrected chi connectivity index (χ2v) is 16.9. The summed E-state index contributed by atoms with van der Waals surface area (Å²) in [4.78, 5) is 13.6. The number of carbonyl (C=O) groups excluding carboxylic acids is 1. The van der Waals surface area contributed by atoms with E-state index < -0.39 is 11.4 Å². The van der Waals surface area contributed by atoms with Gasteiger partial charge in [0.05, 0.1) is 18.1 Å². The van der Waals surface area contributed by atoms with E-state index in [2.05, 4.69) is 55.4 Å². The van der Waals surface area contributed by atoms with Crippen LogP contribution in [0.3, 0.4) is 0 Å². The third kappa shape index (κ3) is 3.43. The summed E-state index contributed by atoms with van der Waals surface area (Å²) in [5.74, 6) is 2.30. The molecule has 0 unspecified atom stereocenters. The van der Waals surface area contributed by atoms with E-state index >= 15 is 0 Å². The van der Waals surface area contributed by atoms with Crippen molar-refractivity contribution in [3.8, 4) is 0 Å². The average molecular weight is 529 g/mol. The first-order valence-corrected chi connectivity index (χ1v) is 16.2. The minimum absolute atomic E-state index is 0.000198. The molecule has 216 valence electrons. The van der Waals surface area contributed by atoms with Crippen LogP contribution in [0.25, 0.3) is 0 Å². The number of rotatable bonds is 1. The van der Waals surface area contributed by atoms with Gasteiger partial charge in [-0.3, -0.25) is 4.79 Å². The largest absolute Gasteiger partial charge is 0.433 e. The lowest BCUT2D eigenvalue weighted by Crippen LogP contribution is -2.67. The topological polar surface area (TPSA) is 55.8 Å². The van der Waals surface area contributed by atoms with Gasteiger partial charge in [0, 0.05) is 17.8 Å². The third-order valence-electron chi connectivity index (χ3n) is 14.5. The number of hydrogen-bond donors (Lipinski definition) is 1. The van der Waals surface area contributed by atoms with Crippen LogP contribution in [0, 0.1) is 57.2 Å². The highest BCUT2D eigenvalue weighted by Gasteiger charge is 2.73. The maximum atomic E-state index is 13.6. The zero-order chi connectivity index (χ0) is 27.5. The van der Waals surface area contributed by atoms with Gasteiger partial charge in [0.1, 0.15) is 0 Å². The SMILES string of the molecule is CC(C)[C@@H]1CC[C@@H](C)C[C@]12OC(=O)C[C@]1(CC[C@H]3[C@@]4(C)CC[C@@H]5C(C)(C)[C@H](O)CC[C@@]5(C)[C@H]4CC[C@]31C)O2. The fourth-order valence-corrected chi connectivity index (χ4v) is 12.7. The molecular formula is C34H56O4. The molecule has 0 amide bonds. The predicted molar refractivity (Wildman–Crippen MR) is 150 cm³/mol. The van der Waals surface area contributed by atoms with E-state index in [4.69, 9.17) is 9.47 Å². The third-order valence-corrected chi connectivity index (χ3v) is 14.5. The Morgan fingerprint density at radius 3 is 2.16 bits per heavy atom. The Bertz CT molecular complexity index is 974. The molecule has 5 saturated carbocycles. The van der Waals surface area contributed by atoms with Gasteiger partial charge in [-0.05, 0) is 110 Å². The van der Waals surface area contributed by atoms with E-state index in [1.807, 2.05) is 0 Å². The average Bonchev–Trinajstić information content (AvgIpc) is 3.07. The summed E-state index contributed by atoms with van der Waals surface area (Å²) >= 11 is 0. The van der Waals surface area contributed by atoms with Crippen molar-refractivity contribution >= 4 is 5.97 Å². The lowest BCUT2D eigenvalue weighted by Gasteiger charge is -2.69. The molecule has 2 spiro atoms. The van der Waals surface area contributed by atoms with E-state index in [-0.39, 0.29) is 39.7 Å². The van der Waals surface area contributed by atoms with E-state index in [1.54, 1.807) is 0 Å². The van der Waals surface area contributed by atoms with Crippen LogP contribution < -0.4 is 0 Å².